The van der Waals surface area contributed by atoms with Crippen LogP contribution in [0.25, 0.3) is 0 Å². The number of aryl methyl sites for hydroxylation is 2. The lowest BCUT2D eigenvalue weighted by molar-refractivity contribution is -0.124. The van der Waals surface area contributed by atoms with E-state index in [1.165, 1.54) is 0 Å². The van der Waals surface area contributed by atoms with Crippen molar-refractivity contribution >= 4 is 5.91 Å². The Kier molecular flexibility index (Phi) is 4.51. The molecular weight excluding hydrogens is 290 g/mol. The maximum absolute atomic E-state index is 12.2. The van der Waals surface area contributed by atoms with Gasteiger partial charge in [0.2, 0.25) is 0 Å². The average molecular weight is 311 g/mol. The van der Waals surface area contributed by atoms with Gasteiger partial charge in [-0.2, -0.15) is 0 Å². The Morgan fingerprint density at radius 2 is 1.91 bits per heavy atom. The van der Waals surface area contributed by atoms with Crippen LogP contribution in [0.4, 0.5) is 0 Å². The number of nitrogens with one attached hydrogen (secondary N) is 1. The topological polar surface area (TPSA) is 47.6 Å². The molecule has 120 valence electrons. The highest BCUT2D eigenvalue weighted by Gasteiger charge is 2.23. The van der Waals surface area contributed by atoms with Gasteiger partial charge < -0.3 is 14.8 Å². The summed E-state index contributed by atoms with van der Waals surface area (Å²) in [4.78, 5) is 12.2. The van der Waals surface area contributed by atoms with E-state index in [1.807, 2.05) is 50.2 Å². The zero-order valence-corrected chi connectivity index (χ0v) is 13.5. The molecule has 0 aromatic heterocycles. The minimum atomic E-state index is -0.120. The van der Waals surface area contributed by atoms with Crippen molar-refractivity contribution in [1.29, 1.82) is 0 Å². The molecule has 1 amide bonds. The second-order valence-electron chi connectivity index (χ2n) is 5.90. The highest BCUT2D eigenvalue weighted by Crippen LogP contribution is 2.32. The molecule has 1 aliphatic rings. The molecule has 0 spiro atoms. The minimum Gasteiger partial charge on any atom is -0.493 e. The van der Waals surface area contributed by atoms with Gasteiger partial charge in [0.15, 0.2) is 6.61 Å². The molecule has 1 N–H and O–H groups in total. The zero-order valence-electron chi connectivity index (χ0n) is 13.5. The number of carbonyl (C=O) groups is 1. The Labute approximate surface area is 136 Å². The number of benzene rings is 2. The fourth-order valence-corrected chi connectivity index (χ4v) is 2.68. The van der Waals surface area contributed by atoms with Crippen LogP contribution in [0.15, 0.2) is 42.5 Å². The predicted octanol–water partition coefficient (Wildman–Crippen LogP) is 3.32. The van der Waals surface area contributed by atoms with Gasteiger partial charge in [-0.05, 0) is 32.0 Å². The van der Waals surface area contributed by atoms with Crippen LogP contribution in [0, 0.1) is 13.8 Å². The zero-order chi connectivity index (χ0) is 16.2. The van der Waals surface area contributed by atoms with Crippen LogP contribution < -0.4 is 14.8 Å². The van der Waals surface area contributed by atoms with Crippen molar-refractivity contribution in [1.82, 2.24) is 5.32 Å². The van der Waals surface area contributed by atoms with Gasteiger partial charge in [0.25, 0.3) is 5.91 Å². The number of fused-ring (bicyclic) bond motifs is 1. The molecule has 0 aliphatic carbocycles. The van der Waals surface area contributed by atoms with Crippen LogP contribution >= 0.6 is 0 Å². The van der Waals surface area contributed by atoms with Gasteiger partial charge >= 0.3 is 0 Å². The van der Waals surface area contributed by atoms with Crippen molar-refractivity contribution in [2.75, 3.05) is 13.2 Å². The highest BCUT2D eigenvalue weighted by molar-refractivity contribution is 5.78. The van der Waals surface area contributed by atoms with Crippen molar-refractivity contribution in [2.45, 2.75) is 26.3 Å². The van der Waals surface area contributed by atoms with Gasteiger partial charge in [-0.15, -0.1) is 0 Å². The molecule has 1 unspecified atom stereocenters. The fraction of sp³-hybridized carbons (Fsp3) is 0.316. The van der Waals surface area contributed by atoms with Gasteiger partial charge in [-0.3, -0.25) is 4.79 Å². The van der Waals surface area contributed by atoms with E-state index in [0.29, 0.717) is 12.4 Å². The number of ether oxygens (including phenoxy) is 2. The molecule has 0 saturated heterocycles. The summed E-state index contributed by atoms with van der Waals surface area (Å²) in [7, 11) is 0. The Morgan fingerprint density at radius 3 is 2.70 bits per heavy atom. The monoisotopic (exact) mass is 311 g/mol. The van der Waals surface area contributed by atoms with Crippen molar-refractivity contribution in [2.24, 2.45) is 0 Å². The normalized spacial score (nSPS) is 16.2. The molecule has 3 rings (SSSR count). The van der Waals surface area contributed by atoms with Gasteiger partial charge in [-0.1, -0.05) is 35.4 Å². The molecule has 1 aliphatic heterocycles. The Bertz CT molecular complexity index is 694. The lowest BCUT2D eigenvalue weighted by atomic mass is 9.98. The van der Waals surface area contributed by atoms with E-state index >= 15 is 0 Å². The van der Waals surface area contributed by atoms with E-state index in [4.69, 9.17) is 9.47 Å². The number of hydrogen-bond acceptors (Lipinski definition) is 3. The van der Waals surface area contributed by atoms with Gasteiger partial charge in [-0.25, -0.2) is 0 Å². The SMILES string of the molecule is Cc1ccc(OCC(=O)NC2CCOc3ccc(C)cc32)cc1. The van der Waals surface area contributed by atoms with Crippen molar-refractivity contribution in [3.8, 4) is 11.5 Å². The smallest absolute Gasteiger partial charge is 0.258 e. The first kappa shape index (κ1) is 15.4. The number of amides is 1. The summed E-state index contributed by atoms with van der Waals surface area (Å²) in [5.74, 6) is 1.44. The fourth-order valence-electron chi connectivity index (χ4n) is 2.68. The van der Waals surface area contributed by atoms with E-state index in [-0.39, 0.29) is 18.6 Å². The summed E-state index contributed by atoms with van der Waals surface area (Å²) in [6, 6.07) is 13.7. The van der Waals surface area contributed by atoms with E-state index < -0.39 is 0 Å². The first-order valence-electron chi connectivity index (χ1n) is 7.84. The maximum Gasteiger partial charge on any atom is 0.258 e. The van der Waals surface area contributed by atoms with Crippen LogP contribution in [0.5, 0.6) is 11.5 Å². The van der Waals surface area contributed by atoms with Crippen LogP contribution in [0.3, 0.4) is 0 Å². The second-order valence-corrected chi connectivity index (χ2v) is 5.90. The summed E-state index contributed by atoms with van der Waals surface area (Å²) in [6.45, 7) is 4.68. The highest BCUT2D eigenvalue weighted by atomic mass is 16.5. The summed E-state index contributed by atoms with van der Waals surface area (Å²) in [5, 5.41) is 3.04. The molecule has 0 bridgehead atoms. The summed E-state index contributed by atoms with van der Waals surface area (Å²) >= 11 is 0. The summed E-state index contributed by atoms with van der Waals surface area (Å²) < 4.78 is 11.2. The largest absolute Gasteiger partial charge is 0.493 e. The standard InChI is InChI=1S/C19H21NO3/c1-13-3-6-15(7-4-13)23-12-19(21)20-17-9-10-22-18-8-5-14(2)11-16(17)18/h3-8,11,17H,9-10,12H2,1-2H3,(H,20,21). The lowest BCUT2D eigenvalue weighted by Crippen LogP contribution is -2.35. The van der Waals surface area contributed by atoms with E-state index in [9.17, 15) is 4.79 Å². The van der Waals surface area contributed by atoms with Crippen LogP contribution in [0.2, 0.25) is 0 Å². The van der Waals surface area contributed by atoms with E-state index in [0.717, 1.165) is 28.9 Å². The third-order valence-electron chi connectivity index (χ3n) is 3.93. The van der Waals surface area contributed by atoms with Crippen molar-refractivity contribution in [3.63, 3.8) is 0 Å². The van der Waals surface area contributed by atoms with E-state index in [2.05, 4.69) is 11.4 Å². The summed E-state index contributed by atoms with van der Waals surface area (Å²) in [6.07, 6.45) is 0.771. The second kappa shape index (κ2) is 6.73. The lowest BCUT2D eigenvalue weighted by Gasteiger charge is -2.27. The first-order valence-corrected chi connectivity index (χ1v) is 7.84. The predicted molar refractivity (Wildman–Crippen MR) is 88.8 cm³/mol. The molecule has 2 aromatic rings. The third kappa shape index (κ3) is 3.83. The van der Waals surface area contributed by atoms with Gasteiger partial charge in [0.1, 0.15) is 11.5 Å². The van der Waals surface area contributed by atoms with Crippen LogP contribution in [-0.4, -0.2) is 19.1 Å². The van der Waals surface area contributed by atoms with Gasteiger partial charge in [0.05, 0.1) is 12.6 Å². The van der Waals surface area contributed by atoms with E-state index in [1.54, 1.807) is 0 Å². The molecule has 0 fully saturated rings. The molecule has 1 atom stereocenters. The molecular formula is C19H21NO3. The molecule has 23 heavy (non-hydrogen) atoms. The Balaban J connectivity index is 1.60. The van der Waals surface area contributed by atoms with Crippen molar-refractivity contribution in [3.05, 3.63) is 59.2 Å². The van der Waals surface area contributed by atoms with Crippen LogP contribution in [-0.2, 0) is 4.79 Å². The van der Waals surface area contributed by atoms with Gasteiger partial charge in [0, 0.05) is 12.0 Å². The molecule has 4 nitrogen and oxygen atoms in total. The molecule has 2 aromatic carbocycles. The molecule has 4 heteroatoms. The average Bonchev–Trinajstić information content (AvgIpc) is 2.55. The molecule has 1 heterocycles. The first-order chi connectivity index (χ1) is 11.1. The number of hydrogen-bond donors (Lipinski definition) is 1. The number of rotatable bonds is 4. The molecule has 0 saturated carbocycles. The Hall–Kier alpha value is -2.49. The Morgan fingerprint density at radius 1 is 1.17 bits per heavy atom. The van der Waals surface area contributed by atoms with Crippen LogP contribution in [0.1, 0.15) is 29.2 Å². The summed E-state index contributed by atoms with van der Waals surface area (Å²) in [5.41, 5.74) is 3.36. The minimum absolute atomic E-state index is 0.0154. The third-order valence-corrected chi connectivity index (χ3v) is 3.93. The van der Waals surface area contributed by atoms with Crippen molar-refractivity contribution < 1.29 is 14.3 Å². The molecule has 0 radical (unpaired) electrons. The maximum atomic E-state index is 12.2. The number of carbonyl (C=O) groups excluding carboxylic acids is 1. The quantitative estimate of drug-likeness (QED) is 0.942.